The van der Waals surface area contributed by atoms with Crippen LogP contribution in [0.3, 0.4) is 0 Å². The Morgan fingerprint density at radius 1 is 0.925 bits per heavy atom. The van der Waals surface area contributed by atoms with Crippen molar-refractivity contribution in [2.24, 2.45) is 0 Å². The monoisotopic (exact) mass is 542 g/mol. The van der Waals surface area contributed by atoms with Crippen molar-refractivity contribution in [3.05, 3.63) is 88.5 Å². The van der Waals surface area contributed by atoms with Crippen molar-refractivity contribution in [3.63, 3.8) is 0 Å². The van der Waals surface area contributed by atoms with Gasteiger partial charge in [0.2, 0.25) is 5.91 Å². The summed E-state index contributed by atoms with van der Waals surface area (Å²) in [6.07, 6.45) is 4.51. The topological polar surface area (TPSA) is 88.0 Å². The van der Waals surface area contributed by atoms with E-state index >= 15 is 0 Å². The van der Waals surface area contributed by atoms with Crippen LogP contribution >= 0.6 is 0 Å². The second-order valence-corrected chi connectivity index (χ2v) is 10.8. The summed E-state index contributed by atoms with van der Waals surface area (Å²) < 4.78 is 5.17. The smallest absolute Gasteiger partial charge is 0.311 e. The first-order valence-electron chi connectivity index (χ1n) is 14.2. The van der Waals surface area contributed by atoms with E-state index in [1.54, 1.807) is 12.1 Å². The molecule has 0 saturated carbocycles. The molecule has 2 aliphatic heterocycles. The number of carbonyl (C=O) groups is 1. The van der Waals surface area contributed by atoms with Gasteiger partial charge in [-0.3, -0.25) is 14.9 Å². The Kier molecular flexibility index (Phi) is 8.96. The number of benzene rings is 3. The highest BCUT2D eigenvalue weighted by molar-refractivity contribution is 5.76. The molecule has 1 amide bonds. The van der Waals surface area contributed by atoms with E-state index in [0.717, 1.165) is 64.1 Å². The maximum Gasteiger partial charge on any atom is 0.311 e. The van der Waals surface area contributed by atoms with Crippen molar-refractivity contribution in [2.45, 2.75) is 44.1 Å². The standard InChI is InChI=1S/C32H38N4O4/c1-40-31-23-29(11-12-30(31)36(38)39)33-28-15-21-35(22-16-28)32(37)17-20-34-18-13-27(14-19-34)26-9-7-25(8-10-26)24-5-3-2-4-6-24/h2-12,23,27-28,33H,13-22H2,1H3. The summed E-state index contributed by atoms with van der Waals surface area (Å²) in [6, 6.07) is 24.6. The molecule has 8 heteroatoms. The fourth-order valence-corrected chi connectivity index (χ4v) is 5.91. The highest BCUT2D eigenvalue weighted by Gasteiger charge is 2.25. The lowest BCUT2D eigenvalue weighted by Crippen LogP contribution is -2.43. The maximum atomic E-state index is 12.9. The third-order valence-corrected chi connectivity index (χ3v) is 8.31. The average Bonchev–Trinajstić information content (AvgIpc) is 3.01. The molecule has 0 aromatic heterocycles. The molecule has 0 atom stereocenters. The van der Waals surface area contributed by atoms with E-state index in [1.165, 1.54) is 29.9 Å². The van der Waals surface area contributed by atoms with E-state index in [4.69, 9.17) is 4.74 Å². The molecule has 2 saturated heterocycles. The second kappa shape index (κ2) is 13.0. The molecule has 8 nitrogen and oxygen atoms in total. The lowest BCUT2D eigenvalue weighted by Gasteiger charge is -2.35. The maximum absolute atomic E-state index is 12.9. The minimum absolute atomic E-state index is 0.0461. The van der Waals surface area contributed by atoms with E-state index in [0.29, 0.717) is 12.3 Å². The lowest BCUT2D eigenvalue weighted by atomic mass is 9.88. The van der Waals surface area contributed by atoms with Gasteiger partial charge in [-0.05, 0) is 67.4 Å². The first-order chi connectivity index (χ1) is 19.5. The van der Waals surface area contributed by atoms with Crippen molar-refractivity contribution in [2.75, 3.05) is 45.2 Å². The van der Waals surface area contributed by atoms with Crippen LogP contribution in [0.25, 0.3) is 11.1 Å². The van der Waals surface area contributed by atoms with Gasteiger partial charge in [-0.15, -0.1) is 0 Å². The molecule has 2 fully saturated rings. The van der Waals surface area contributed by atoms with Gasteiger partial charge in [-0.2, -0.15) is 0 Å². The molecule has 0 radical (unpaired) electrons. The predicted molar refractivity (Wildman–Crippen MR) is 158 cm³/mol. The van der Waals surface area contributed by atoms with Gasteiger partial charge < -0.3 is 19.9 Å². The summed E-state index contributed by atoms with van der Waals surface area (Å²) in [7, 11) is 1.43. The van der Waals surface area contributed by atoms with Gasteiger partial charge in [0.1, 0.15) is 0 Å². The number of rotatable bonds is 9. The third kappa shape index (κ3) is 6.80. The van der Waals surface area contributed by atoms with E-state index < -0.39 is 4.92 Å². The zero-order chi connectivity index (χ0) is 27.9. The van der Waals surface area contributed by atoms with Crippen molar-refractivity contribution in [1.29, 1.82) is 0 Å². The Labute approximate surface area is 236 Å². The van der Waals surface area contributed by atoms with Gasteiger partial charge in [-0.25, -0.2) is 0 Å². The van der Waals surface area contributed by atoms with E-state index in [1.807, 2.05) is 11.0 Å². The largest absolute Gasteiger partial charge is 0.490 e. The number of carbonyl (C=O) groups excluding carboxylic acids is 1. The average molecular weight is 543 g/mol. The molecule has 0 bridgehead atoms. The van der Waals surface area contributed by atoms with Crippen LogP contribution in [0.1, 0.15) is 43.6 Å². The van der Waals surface area contributed by atoms with Crippen molar-refractivity contribution in [3.8, 4) is 16.9 Å². The number of anilines is 1. The van der Waals surface area contributed by atoms with Gasteiger partial charge in [0.25, 0.3) is 0 Å². The van der Waals surface area contributed by atoms with E-state index in [-0.39, 0.29) is 23.4 Å². The minimum Gasteiger partial charge on any atom is -0.490 e. The molecule has 0 spiro atoms. The van der Waals surface area contributed by atoms with Crippen LogP contribution in [0, 0.1) is 10.1 Å². The second-order valence-electron chi connectivity index (χ2n) is 10.8. The summed E-state index contributed by atoms with van der Waals surface area (Å²) in [6.45, 7) is 4.33. The van der Waals surface area contributed by atoms with E-state index in [9.17, 15) is 14.9 Å². The third-order valence-electron chi connectivity index (χ3n) is 8.31. The number of nitro groups is 1. The summed E-state index contributed by atoms with van der Waals surface area (Å²) in [4.78, 5) is 28.0. The van der Waals surface area contributed by atoms with Crippen molar-refractivity contribution < 1.29 is 14.5 Å². The summed E-state index contributed by atoms with van der Waals surface area (Å²) in [5.41, 5.74) is 4.67. The normalized spacial score (nSPS) is 17.0. The number of piperidine rings is 2. The highest BCUT2D eigenvalue weighted by Crippen LogP contribution is 2.32. The number of nitrogens with zero attached hydrogens (tertiary/aromatic N) is 3. The minimum atomic E-state index is -0.445. The zero-order valence-electron chi connectivity index (χ0n) is 23.1. The molecule has 2 heterocycles. The molecule has 0 aliphatic carbocycles. The quantitative estimate of drug-likeness (QED) is 0.266. The summed E-state index contributed by atoms with van der Waals surface area (Å²) in [5.74, 6) is 1.06. The predicted octanol–water partition coefficient (Wildman–Crippen LogP) is 5.94. The molecule has 2 aliphatic rings. The molecule has 40 heavy (non-hydrogen) atoms. The number of nitro benzene ring substituents is 1. The number of likely N-dealkylation sites (tertiary alicyclic amines) is 2. The van der Waals surface area contributed by atoms with Crippen molar-refractivity contribution in [1.82, 2.24) is 9.80 Å². The lowest BCUT2D eigenvalue weighted by molar-refractivity contribution is -0.385. The summed E-state index contributed by atoms with van der Waals surface area (Å²) in [5, 5.41) is 14.6. The van der Waals surface area contributed by atoms with Crippen LogP contribution in [-0.2, 0) is 4.79 Å². The molecule has 1 N–H and O–H groups in total. The first-order valence-corrected chi connectivity index (χ1v) is 14.2. The van der Waals surface area contributed by atoms with Gasteiger partial charge in [0, 0.05) is 49.9 Å². The van der Waals surface area contributed by atoms with E-state index in [2.05, 4.69) is 58.7 Å². The van der Waals surface area contributed by atoms with Crippen LogP contribution in [-0.4, -0.2) is 66.5 Å². The Hall–Kier alpha value is -3.91. The van der Waals surface area contributed by atoms with Gasteiger partial charge in [-0.1, -0.05) is 54.6 Å². The molecular weight excluding hydrogens is 504 g/mol. The number of methoxy groups -OCH3 is 1. The fraction of sp³-hybridized carbons (Fsp3) is 0.406. The van der Waals surface area contributed by atoms with Gasteiger partial charge in [0.05, 0.1) is 12.0 Å². The molecule has 0 unspecified atom stereocenters. The van der Waals surface area contributed by atoms with Crippen LogP contribution in [0.4, 0.5) is 11.4 Å². The number of ether oxygens (including phenoxy) is 1. The van der Waals surface area contributed by atoms with Crippen LogP contribution < -0.4 is 10.1 Å². The van der Waals surface area contributed by atoms with Crippen LogP contribution in [0.15, 0.2) is 72.8 Å². The molecule has 3 aromatic carbocycles. The SMILES string of the molecule is COc1cc(NC2CCN(C(=O)CCN3CCC(c4ccc(-c5ccccc5)cc4)CC3)CC2)ccc1[N+](=O)[O-]. The van der Waals surface area contributed by atoms with Crippen LogP contribution in [0.2, 0.25) is 0 Å². The number of nitrogens with one attached hydrogen (secondary N) is 1. The number of amides is 1. The Morgan fingerprint density at radius 2 is 1.60 bits per heavy atom. The number of hydrogen-bond donors (Lipinski definition) is 1. The number of hydrogen-bond acceptors (Lipinski definition) is 6. The highest BCUT2D eigenvalue weighted by atomic mass is 16.6. The molecule has 5 rings (SSSR count). The van der Waals surface area contributed by atoms with Crippen LogP contribution in [0.5, 0.6) is 5.75 Å². The Morgan fingerprint density at radius 3 is 2.25 bits per heavy atom. The Bertz CT molecular complexity index is 1280. The molecular formula is C32H38N4O4. The fourth-order valence-electron chi connectivity index (χ4n) is 5.91. The zero-order valence-corrected chi connectivity index (χ0v) is 23.1. The molecule has 3 aromatic rings. The van der Waals surface area contributed by atoms with Crippen molar-refractivity contribution >= 4 is 17.3 Å². The first kappa shape index (κ1) is 27.6. The van der Waals surface area contributed by atoms with Gasteiger partial charge >= 0.3 is 5.69 Å². The molecule has 210 valence electrons. The Balaban J connectivity index is 1.02. The summed E-state index contributed by atoms with van der Waals surface area (Å²) >= 11 is 0. The van der Waals surface area contributed by atoms with Gasteiger partial charge in [0.15, 0.2) is 5.75 Å².